The number of quaternary nitrogens is 1. The van der Waals surface area contributed by atoms with E-state index in [1.54, 1.807) is 6.21 Å². The quantitative estimate of drug-likeness (QED) is 0.613. The Labute approximate surface area is 112 Å². The summed E-state index contributed by atoms with van der Waals surface area (Å²) in [5.74, 6) is 0.741. The third-order valence-corrected chi connectivity index (χ3v) is 2.82. The summed E-state index contributed by atoms with van der Waals surface area (Å²) in [5.41, 5.74) is 8.03. The standard InChI is InChI=1S/C14H17N3O2/c1-10-12(9-16-17-14(18)6-7-15)8-11-4-2-3-5-13(11)19-10/h2-5,8-10H,6-7,15H2,1H3,(H,17,18)/p+1/b16-9-/t10-/m1/s1. The van der Waals surface area contributed by atoms with Gasteiger partial charge in [-0.25, -0.2) is 5.43 Å². The third kappa shape index (κ3) is 3.42. The van der Waals surface area contributed by atoms with Crippen LogP contribution in [0.3, 0.4) is 0 Å². The second-order valence-corrected chi connectivity index (χ2v) is 4.34. The van der Waals surface area contributed by atoms with E-state index < -0.39 is 0 Å². The van der Waals surface area contributed by atoms with Crippen LogP contribution in [-0.4, -0.2) is 24.8 Å². The van der Waals surface area contributed by atoms with Gasteiger partial charge in [0.15, 0.2) is 0 Å². The highest BCUT2D eigenvalue weighted by atomic mass is 16.5. The van der Waals surface area contributed by atoms with Crippen molar-refractivity contribution in [2.45, 2.75) is 19.4 Å². The topological polar surface area (TPSA) is 78.3 Å². The van der Waals surface area contributed by atoms with Gasteiger partial charge in [0.2, 0.25) is 5.91 Å². The molecule has 1 aliphatic heterocycles. The molecule has 0 unspecified atom stereocenters. The van der Waals surface area contributed by atoms with Gasteiger partial charge in [-0.15, -0.1) is 0 Å². The van der Waals surface area contributed by atoms with Gasteiger partial charge in [-0.2, -0.15) is 5.10 Å². The Kier molecular flexibility index (Phi) is 4.30. The van der Waals surface area contributed by atoms with Crippen molar-refractivity contribution in [2.75, 3.05) is 6.54 Å². The summed E-state index contributed by atoms with van der Waals surface area (Å²) in [7, 11) is 0. The monoisotopic (exact) mass is 260 g/mol. The van der Waals surface area contributed by atoms with E-state index in [0.29, 0.717) is 13.0 Å². The number of nitrogens with zero attached hydrogens (tertiary/aromatic N) is 1. The number of carbonyl (C=O) groups excluding carboxylic acids is 1. The second kappa shape index (κ2) is 6.15. The predicted molar refractivity (Wildman–Crippen MR) is 73.5 cm³/mol. The maximum atomic E-state index is 11.2. The van der Waals surface area contributed by atoms with Gasteiger partial charge in [-0.3, -0.25) is 4.79 Å². The first kappa shape index (κ1) is 13.3. The molecule has 5 heteroatoms. The molecular formula is C14H18N3O2+. The lowest BCUT2D eigenvalue weighted by molar-refractivity contribution is -0.366. The molecule has 5 nitrogen and oxygen atoms in total. The van der Waals surface area contributed by atoms with E-state index in [0.717, 1.165) is 16.9 Å². The predicted octanol–water partition coefficient (Wildman–Crippen LogP) is 0.585. The number of benzene rings is 1. The summed E-state index contributed by atoms with van der Waals surface area (Å²) in [5, 5.41) is 3.94. The Balaban J connectivity index is 2.06. The van der Waals surface area contributed by atoms with E-state index in [1.165, 1.54) is 0 Å². The summed E-state index contributed by atoms with van der Waals surface area (Å²) in [6, 6.07) is 7.82. The first-order chi connectivity index (χ1) is 9.20. The highest BCUT2D eigenvalue weighted by Crippen LogP contribution is 2.28. The molecule has 1 heterocycles. The molecule has 0 aliphatic carbocycles. The number of hydrazone groups is 1. The maximum absolute atomic E-state index is 11.2. The molecule has 100 valence electrons. The molecule has 0 spiro atoms. The molecule has 4 N–H and O–H groups in total. The van der Waals surface area contributed by atoms with Gasteiger partial charge in [-0.05, 0) is 19.1 Å². The Morgan fingerprint density at radius 3 is 3.11 bits per heavy atom. The fourth-order valence-corrected chi connectivity index (χ4v) is 1.80. The van der Waals surface area contributed by atoms with Crippen LogP contribution in [0.25, 0.3) is 6.08 Å². The summed E-state index contributed by atoms with van der Waals surface area (Å²) in [4.78, 5) is 11.2. The number of nitrogens with one attached hydrogen (secondary N) is 1. The Morgan fingerprint density at radius 1 is 1.53 bits per heavy atom. The number of hydrogen-bond donors (Lipinski definition) is 2. The van der Waals surface area contributed by atoms with Crippen molar-refractivity contribution in [3.05, 3.63) is 35.4 Å². The first-order valence-corrected chi connectivity index (χ1v) is 6.29. The van der Waals surface area contributed by atoms with Crippen LogP contribution in [0.1, 0.15) is 18.9 Å². The van der Waals surface area contributed by atoms with Crippen LogP contribution in [-0.2, 0) is 4.79 Å². The number of para-hydroxylation sites is 1. The highest BCUT2D eigenvalue weighted by molar-refractivity contribution is 5.89. The fourth-order valence-electron chi connectivity index (χ4n) is 1.80. The molecule has 1 aromatic carbocycles. The zero-order valence-corrected chi connectivity index (χ0v) is 10.9. The second-order valence-electron chi connectivity index (χ2n) is 4.34. The van der Waals surface area contributed by atoms with E-state index in [2.05, 4.69) is 16.3 Å². The van der Waals surface area contributed by atoms with Crippen LogP contribution in [0.4, 0.5) is 0 Å². The minimum absolute atomic E-state index is 0.0802. The van der Waals surface area contributed by atoms with Gasteiger partial charge in [0, 0.05) is 11.1 Å². The van der Waals surface area contributed by atoms with Crippen LogP contribution in [0.15, 0.2) is 34.9 Å². The molecule has 0 bridgehead atoms. The first-order valence-electron chi connectivity index (χ1n) is 6.29. The Hall–Kier alpha value is -2.14. The number of fused-ring (bicyclic) bond motifs is 1. The van der Waals surface area contributed by atoms with Gasteiger partial charge in [-0.1, -0.05) is 18.2 Å². The van der Waals surface area contributed by atoms with Crippen LogP contribution in [0.5, 0.6) is 5.75 Å². The fraction of sp³-hybridized carbons (Fsp3) is 0.286. The molecule has 0 radical (unpaired) electrons. The number of rotatable bonds is 4. The molecule has 2 rings (SSSR count). The lowest BCUT2D eigenvalue weighted by Gasteiger charge is -2.22. The lowest BCUT2D eigenvalue weighted by Crippen LogP contribution is -2.51. The Bertz CT molecular complexity index is 523. The van der Waals surface area contributed by atoms with Crippen molar-refractivity contribution in [3.63, 3.8) is 0 Å². The molecule has 0 saturated heterocycles. The summed E-state index contributed by atoms with van der Waals surface area (Å²) >= 11 is 0. The number of ether oxygens (including phenoxy) is 1. The van der Waals surface area contributed by atoms with Crippen molar-refractivity contribution in [2.24, 2.45) is 5.10 Å². The smallest absolute Gasteiger partial charge is 0.245 e. The van der Waals surface area contributed by atoms with E-state index in [-0.39, 0.29) is 12.0 Å². The average Bonchev–Trinajstić information content (AvgIpc) is 2.39. The molecule has 1 aromatic rings. The molecule has 0 fully saturated rings. The van der Waals surface area contributed by atoms with Gasteiger partial charge in [0.1, 0.15) is 11.9 Å². The van der Waals surface area contributed by atoms with Crippen LogP contribution >= 0.6 is 0 Å². The van der Waals surface area contributed by atoms with Gasteiger partial charge in [0.25, 0.3) is 0 Å². The number of carbonyl (C=O) groups is 1. The average molecular weight is 260 g/mol. The minimum Gasteiger partial charge on any atom is -0.485 e. The van der Waals surface area contributed by atoms with Crippen molar-refractivity contribution in [1.82, 2.24) is 5.43 Å². The maximum Gasteiger partial charge on any atom is 0.245 e. The highest BCUT2D eigenvalue weighted by Gasteiger charge is 2.16. The molecule has 19 heavy (non-hydrogen) atoms. The van der Waals surface area contributed by atoms with Gasteiger partial charge in [0.05, 0.1) is 19.2 Å². The van der Waals surface area contributed by atoms with Gasteiger partial charge >= 0.3 is 0 Å². The normalized spacial score (nSPS) is 17.6. The zero-order valence-electron chi connectivity index (χ0n) is 10.9. The molecule has 1 amide bonds. The van der Waals surface area contributed by atoms with E-state index in [1.807, 2.05) is 37.3 Å². The summed E-state index contributed by atoms with van der Waals surface area (Å²) in [6.07, 6.45) is 3.94. The molecule has 1 aliphatic rings. The van der Waals surface area contributed by atoms with E-state index >= 15 is 0 Å². The number of hydrogen-bond acceptors (Lipinski definition) is 3. The van der Waals surface area contributed by atoms with Crippen molar-refractivity contribution < 1.29 is 15.3 Å². The largest absolute Gasteiger partial charge is 0.485 e. The lowest BCUT2D eigenvalue weighted by atomic mass is 10.0. The van der Waals surface area contributed by atoms with Crippen LogP contribution in [0, 0.1) is 0 Å². The van der Waals surface area contributed by atoms with E-state index in [4.69, 9.17) is 4.74 Å². The summed E-state index contributed by atoms with van der Waals surface area (Å²) < 4.78 is 5.77. The zero-order chi connectivity index (χ0) is 13.7. The van der Waals surface area contributed by atoms with Crippen molar-refractivity contribution in [3.8, 4) is 5.75 Å². The van der Waals surface area contributed by atoms with Crippen molar-refractivity contribution >= 4 is 18.2 Å². The Morgan fingerprint density at radius 2 is 2.32 bits per heavy atom. The molecular weight excluding hydrogens is 242 g/mol. The molecule has 1 atom stereocenters. The van der Waals surface area contributed by atoms with Crippen LogP contribution in [0.2, 0.25) is 0 Å². The van der Waals surface area contributed by atoms with Crippen LogP contribution < -0.4 is 15.9 Å². The SMILES string of the molecule is C[C@H]1Oc2ccccc2C=C1/C=N\NC(=O)CC[NH3+]. The molecule has 0 aromatic heterocycles. The van der Waals surface area contributed by atoms with E-state index in [9.17, 15) is 4.79 Å². The number of amides is 1. The summed E-state index contributed by atoms with van der Waals surface area (Å²) in [6.45, 7) is 2.52. The van der Waals surface area contributed by atoms with Gasteiger partial charge < -0.3 is 10.5 Å². The minimum atomic E-state index is -0.128. The van der Waals surface area contributed by atoms with Crippen molar-refractivity contribution in [1.29, 1.82) is 0 Å². The molecule has 0 saturated carbocycles. The third-order valence-electron chi connectivity index (χ3n) is 2.82.